The van der Waals surface area contributed by atoms with Gasteiger partial charge in [0.05, 0.1) is 12.8 Å². The minimum absolute atomic E-state index is 0. The Labute approximate surface area is 88.9 Å². The Kier molecular flexibility index (Phi) is 4.98. The minimum atomic E-state index is 0. The third-order valence-corrected chi connectivity index (χ3v) is 1.72. The average Bonchev–Trinajstić information content (AvgIpc) is 2.50. The maximum absolute atomic E-state index is 4.89. The smallest absolute Gasteiger partial charge is 0.316 e. The summed E-state index contributed by atoms with van der Waals surface area (Å²) in [6, 6.07) is 0.451. The van der Waals surface area contributed by atoms with Crippen LogP contribution in [0.4, 0.5) is 0 Å². The molecule has 4 nitrogen and oxygen atoms in total. The van der Waals surface area contributed by atoms with Gasteiger partial charge < -0.3 is 10.1 Å². The molecule has 0 atom stereocenters. The van der Waals surface area contributed by atoms with Gasteiger partial charge in [-0.05, 0) is 0 Å². The van der Waals surface area contributed by atoms with Crippen molar-refractivity contribution < 1.29 is 4.74 Å². The number of hydrogen-bond acceptors (Lipinski definition) is 4. The number of rotatable bonds is 1. The van der Waals surface area contributed by atoms with Gasteiger partial charge in [0.2, 0.25) is 0 Å². The summed E-state index contributed by atoms with van der Waals surface area (Å²) in [5.41, 5.74) is 2.22. The van der Waals surface area contributed by atoms with E-state index in [9.17, 15) is 0 Å². The van der Waals surface area contributed by atoms with Crippen LogP contribution in [0.5, 0.6) is 6.01 Å². The number of halogens is 2. The van der Waals surface area contributed by atoms with Gasteiger partial charge in [-0.1, -0.05) is 0 Å². The largest absolute Gasteiger partial charge is 0.467 e. The summed E-state index contributed by atoms with van der Waals surface area (Å²) in [5.74, 6) is 0. The second-order valence-electron chi connectivity index (χ2n) is 2.43. The van der Waals surface area contributed by atoms with Gasteiger partial charge in [-0.25, -0.2) is 4.98 Å². The predicted octanol–water partition coefficient (Wildman–Crippen LogP) is 0.932. The second-order valence-corrected chi connectivity index (χ2v) is 2.43. The highest BCUT2D eigenvalue weighted by Crippen LogP contribution is 2.13. The zero-order chi connectivity index (χ0) is 7.68. The summed E-state index contributed by atoms with van der Waals surface area (Å²) in [6.07, 6.45) is 1.81. The standard InChI is InChI=1S/C7H9N3O.2ClH/c1-11-7-9-3-5-2-8-4-6(5)10-7;;/h3,8H,2,4H2,1H3;2*1H. The van der Waals surface area contributed by atoms with Crippen LogP contribution in [-0.2, 0) is 13.1 Å². The van der Waals surface area contributed by atoms with Crippen molar-refractivity contribution >= 4 is 24.8 Å². The Balaban J connectivity index is 0.000000720. The third-order valence-electron chi connectivity index (χ3n) is 1.72. The first kappa shape index (κ1) is 12.4. The molecule has 1 aliphatic rings. The molecule has 1 aromatic heterocycles. The first-order chi connectivity index (χ1) is 5.40. The van der Waals surface area contributed by atoms with E-state index in [0.717, 1.165) is 18.8 Å². The maximum Gasteiger partial charge on any atom is 0.316 e. The van der Waals surface area contributed by atoms with E-state index in [2.05, 4.69) is 15.3 Å². The van der Waals surface area contributed by atoms with Gasteiger partial charge in [-0.2, -0.15) is 4.98 Å². The predicted molar refractivity (Wildman–Crippen MR) is 53.6 cm³/mol. The number of nitrogens with one attached hydrogen (secondary N) is 1. The number of methoxy groups -OCH3 is 1. The molecule has 1 aromatic rings. The van der Waals surface area contributed by atoms with E-state index >= 15 is 0 Å². The van der Waals surface area contributed by atoms with Crippen molar-refractivity contribution in [3.8, 4) is 6.01 Å². The fourth-order valence-electron chi connectivity index (χ4n) is 1.14. The lowest BCUT2D eigenvalue weighted by atomic mass is 10.3. The second kappa shape index (κ2) is 5.21. The van der Waals surface area contributed by atoms with E-state index in [1.54, 1.807) is 13.3 Å². The quantitative estimate of drug-likeness (QED) is 0.770. The Hall–Kier alpha value is -0.580. The Morgan fingerprint density at radius 2 is 2.15 bits per heavy atom. The molecule has 1 aliphatic heterocycles. The summed E-state index contributed by atoms with van der Waals surface area (Å²) in [4.78, 5) is 8.17. The maximum atomic E-state index is 4.89. The van der Waals surface area contributed by atoms with Crippen molar-refractivity contribution in [2.75, 3.05) is 7.11 Å². The first-order valence-electron chi connectivity index (χ1n) is 3.49. The molecule has 0 bridgehead atoms. The van der Waals surface area contributed by atoms with Crippen LogP contribution in [0.15, 0.2) is 6.20 Å². The average molecular weight is 224 g/mol. The van der Waals surface area contributed by atoms with Gasteiger partial charge in [0.1, 0.15) is 0 Å². The molecule has 0 saturated heterocycles. The molecule has 6 heteroatoms. The summed E-state index contributed by atoms with van der Waals surface area (Å²) in [6.45, 7) is 1.70. The van der Waals surface area contributed by atoms with E-state index in [0.29, 0.717) is 6.01 Å². The van der Waals surface area contributed by atoms with Crippen LogP contribution in [0.3, 0.4) is 0 Å². The lowest BCUT2D eigenvalue weighted by molar-refractivity contribution is 0.378. The van der Waals surface area contributed by atoms with E-state index in [1.165, 1.54) is 5.56 Å². The van der Waals surface area contributed by atoms with Gasteiger partial charge in [0.15, 0.2) is 0 Å². The first-order valence-corrected chi connectivity index (χ1v) is 3.49. The molecular formula is C7H11Cl2N3O. The van der Waals surface area contributed by atoms with Gasteiger partial charge in [0.25, 0.3) is 0 Å². The van der Waals surface area contributed by atoms with Crippen LogP contribution in [0, 0.1) is 0 Å². The highest BCUT2D eigenvalue weighted by Gasteiger charge is 2.12. The topological polar surface area (TPSA) is 47.0 Å². The molecule has 0 amide bonds. The number of aromatic nitrogens is 2. The van der Waals surface area contributed by atoms with Crippen molar-refractivity contribution in [1.82, 2.24) is 15.3 Å². The van der Waals surface area contributed by atoms with E-state index in [-0.39, 0.29) is 24.8 Å². The Bertz CT molecular complexity index is 282. The molecule has 13 heavy (non-hydrogen) atoms. The molecular weight excluding hydrogens is 213 g/mol. The van der Waals surface area contributed by atoms with E-state index < -0.39 is 0 Å². The lowest BCUT2D eigenvalue weighted by Gasteiger charge is -1.98. The van der Waals surface area contributed by atoms with Crippen molar-refractivity contribution in [2.45, 2.75) is 13.1 Å². The van der Waals surface area contributed by atoms with Crippen molar-refractivity contribution in [2.24, 2.45) is 0 Å². The summed E-state index contributed by atoms with van der Waals surface area (Å²) < 4.78 is 4.89. The zero-order valence-corrected chi connectivity index (χ0v) is 8.74. The van der Waals surface area contributed by atoms with Crippen LogP contribution in [0.1, 0.15) is 11.3 Å². The molecule has 0 saturated carbocycles. The fraction of sp³-hybridized carbons (Fsp3) is 0.429. The van der Waals surface area contributed by atoms with Gasteiger partial charge in [-0.15, -0.1) is 24.8 Å². The van der Waals surface area contributed by atoms with Gasteiger partial charge in [-0.3, -0.25) is 0 Å². The van der Waals surface area contributed by atoms with Gasteiger partial charge >= 0.3 is 6.01 Å². The number of ether oxygens (including phenoxy) is 1. The third kappa shape index (κ3) is 2.43. The highest BCUT2D eigenvalue weighted by atomic mass is 35.5. The Morgan fingerprint density at radius 3 is 2.85 bits per heavy atom. The molecule has 2 heterocycles. The van der Waals surface area contributed by atoms with Crippen LogP contribution < -0.4 is 10.1 Å². The molecule has 0 radical (unpaired) electrons. The van der Waals surface area contributed by atoms with Crippen molar-refractivity contribution in [3.05, 3.63) is 17.5 Å². The normalized spacial score (nSPS) is 12.4. The van der Waals surface area contributed by atoms with Crippen LogP contribution >= 0.6 is 24.8 Å². The Morgan fingerprint density at radius 1 is 1.38 bits per heavy atom. The summed E-state index contributed by atoms with van der Waals surface area (Å²) in [7, 11) is 1.57. The van der Waals surface area contributed by atoms with Crippen molar-refractivity contribution in [1.29, 1.82) is 0 Å². The molecule has 0 aliphatic carbocycles. The molecule has 0 spiro atoms. The molecule has 2 rings (SSSR count). The van der Waals surface area contributed by atoms with E-state index in [1.807, 2.05) is 0 Å². The number of nitrogens with zero attached hydrogens (tertiary/aromatic N) is 2. The lowest BCUT2D eigenvalue weighted by Crippen LogP contribution is -2.00. The fourth-order valence-corrected chi connectivity index (χ4v) is 1.14. The van der Waals surface area contributed by atoms with Crippen LogP contribution in [-0.4, -0.2) is 17.1 Å². The van der Waals surface area contributed by atoms with Crippen molar-refractivity contribution in [3.63, 3.8) is 0 Å². The monoisotopic (exact) mass is 223 g/mol. The van der Waals surface area contributed by atoms with Gasteiger partial charge in [0, 0.05) is 24.8 Å². The molecule has 0 fully saturated rings. The molecule has 74 valence electrons. The molecule has 0 aromatic carbocycles. The molecule has 1 N–H and O–H groups in total. The summed E-state index contributed by atoms with van der Waals surface area (Å²) in [5, 5.41) is 3.18. The zero-order valence-electron chi connectivity index (χ0n) is 7.11. The molecule has 0 unspecified atom stereocenters. The summed E-state index contributed by atoms with van der Waals surface area (Å²) >= 11 is 0. The van der Waals surface area contributed by atoms with Crippen LogP contribution in [0.25, 0.3) is 0 Å². The SMILES string of the molecule is COc1ncc2c(n1)CNC2.Cl.Cl. The van der Waals surface area contributed by atoms with E-state index in [4.69, 9.17) is 4.74 Å². The van der Waals surface area contributed by atoms with Crippen LogP contribution in [0.2, 0.25) is 0 Å². The highest BCUT2D eigenvalue weighted by molar-refractivity contribution is 5.85. The minimum Gasteiger partial charge on any atom is -0.467 e. The number of fused-ring (bicyclic) bond motifs is 1. The number of hydrogen-bond donors (Lipinski definition) is 1.